The van der Waals surface area contributed by atoms with Gasteiger partial charge in [-0.25, -0.2) is 4.98 Å². The van der Waals surface area contributed by atoms with Gasteiger partial charge < -0.3 is 10.2 Å². The number of carbonyl (C=O) groups excluding carboxylic acids is 1. The smallest absolute Gasteiger partial charge is 0.315 e. The molecule has 0 saturated carbocycles. The number of fused-ring (bicyclic) bond motifs is 1. The fraction of sp³-hybridized carbons (Fsp3) is 0.421. The highest BCUT2D eigenvalue weighted by Gasteiger charge is 2.38. The van der Waals surface area contributed by atoms with Crippen molar-refractivity contribution in [1.82, 2.24) is 9.88 Å². The number of benzene rings is 1. The number of carbonyl (C=O) groups is 1. The Morgan fingerprint density at radius 2 is 2.19 bits per heavy atom. The van der Waals surface area contributed by atoms with Gasteiger partial charge in [0.1, 0.15) is 11.9 Å². The summed E-state index contributed by atoms with van der Waals surface area (Å²) in [7, 11) is 0. The molecule has 1 aromatic carbocycles. The van der Waals surface area contributed by atoms with Crippen LogP contribution in [-0.4, -0.2) is 41.9 Å². The van der Waals surface area contributed by atoms with Crippen molar-refractivity contribution in [3.63, 3.8) is 0 Å². The van der Waals surface area contributed by atoms with E-state index >= 15 is 0 Å². The summed E-state index contributed by atoms with van der Waals surface area (Å²) in [5.74, 6) is -0.630. The van der Waals surface area contributed by atoms with Crippen molar-refractivity contribution >= 4 is 22.6 Å². The minimum absolute atomic E-state index is 0.262. The number of alkyl halides is 2. The molecule has 1 saturated heterocycles. The number of likely N-dealkylation sites (tertiary alicyclic amines) is 1. The zero-order valence-electron chi connectivity index (χ0n) is 14.7. The van der Waals surface area contributed by atoms with Gasteiger partial charge in [-0.3, -0.25) is 4.79 Å². The van der Waals surface area contributed by atoms with Crippen LogP contribution in [0.25, 0.3) is 10.9 Å². The second kappa shape index (κ2) is 6.87. The highest BCUT2D eigenvalue weighted by Crippen LogP contribution is 2.32. The Labute approximate surface area is 150 Å². The van der Waals surface area contributed by atoms with E-state index in [9.17, 15) is 18.8 Å². The first-order valence-corrected chi connectivity index (χ1v) is 8.45. The quantitative estimate of drug-likeness (QED) is 0.910. The zero-order valence-corrected chi connectivity index (χ0v) is 14.7. The van der Waals surface area contributed by atoms with Crippen molar-refractivity contribution in [2.45, 2.75) is 26.7 Å². The monoisotopic (exact) mass is 358 g/mol. The number of anilines is 1. The van der Waals surface area contributed by atoms with E-state index in [0.29, 0.717) is 30.9 Å². The first-order valence-electron chi connectivity index (χ1n) is 8.45. The number of nitriles is 1. The highest BCUT2D eigenvalue weighted by molar-refractivity contribution is 5.87. The standard InChI is InChI=1S/C19H20F2N4O/c1-12-13-5-3-4-6-15(13)24-17(14(12)9-22)23-10-19(2)7-8-25(11-19)18(26)16(20)21/h3-6,16H,7-8,10-11H2,1-2H3,(H,23,24). The Morgan fingerprint density at radius 3 is 2.88 bits per heavy atom. The molecular formula is C19H20F2N4O. The third-order valence-corrected chi connectivity index (χ3v) is 5.00. The number of hydrogen-bond acceptors (Lipinski definition) is 4. The van der Waals surface area contributed by atoms with Gasteiger partial charge in [-0.1, -0.05) is 25.1 Å². The molecule has 0 bridgehead atoms. The van der Waals surface area contributed by atoms with E-state index in [1.54, 1.807) is 0 Å². The lowest BCUT2D eigenvalue weighted by Crippen LogP contribution is -2.37. The van der Waals surface area contributed by atoms with E-state index in [0.717, 1.165) is 16.5 Å². The lowest BCUT2D eigenvalue weighted by molar-refractivity contribution is -0.142. The maximum absolute atomic E-state index is 12.6. The second-order valence-corrected chi connectivity index (χ2v) is 7.06. The molecule has 1 aliphatic rings. The molecular weight excluding hydrogens is 338 g/mol. The predicted molar refractivity (Wildman–Crippen MR) is 95.0 cm³/mol. The van der Waals surface area contributed by atoms with Gasteiger partial charge >= 0.3 is 6.43 Å². The van der Waals surface area contributed by atoms with Crippen molar-refractivity contribution in [2.24, 2.45) is 5.41 Å². The third-order valence-electron chi connectivity index (χ3n) is 5.00. The van der Waals surface area contributed by atoms with Crippen LogP contribution >= 0.6 is 0 Å². The largest absolute Gasteiger partial charge is 0.368 e. The lowest BCUT2D eigenvalue weighted by atomic mass is 9.89. The Kier molecular flexibility index (Phi) is 4.77. The molecule has 0 spiro atoms. The number of rotatable bonds is 4. The molecule has 3 rings (SSSR count). The molecule has 2 heterocycles. The van der Waals surface area contributed by atoms with Crippen molar-refractivity contribution in [2.75, 3.05) is 25.0 Å². The summed E-state index contributed by atoms with van der Waals surface area (Å²) < 4.78 is 25.2. The van der Waals surface area contributed by atoms with E-state index < -0.39 is 12.3 Å². The number of para-hydroxylation sites is 1. The summed E-state index contributed by atoms with van der Waals surface area (Å²) in [4.78, 5) is 17.3. The van der Waals surface area contributed by atoms with Crippen LogP contribution in [0.3, 0.4) is 0 Å². The molecule has 1 fully saturated rings. The Balaban J connectivity index is 1.80. The Hall–Kier alpha value is -2.75. The fourth-order valence-corrected chi connectivity index (χ4v) is 3.43. The number of amides is 1. The highest BCUT2D eigenvalue weighted by atomic mass is 19.3. The molecule has 1 aliphatic heterocycles. The van der Waals surface area contributed by atoms with Gasteiger partial charge in [0.05, 0.1) is 11.1 Å². The number of pyridine rings is 1. The van der Waals surface area contributed by atoms with E-state index in [1.807, 2.05) is 38.1 Å². The van der Waals surface area contributed by atoms with Gasteiger partial charge in [0.25, 0.3) is 5.91 Å². The molecule has 5 nitrogen and oxygen atoms in total. The maximum atomic E-state index is 12.6. The number of aryl methyl sites for hydroxylation is 1. The SMILES string of the molecule is Cc1c(C#N)c(NCC2(C)CCN(C(=O)C(F)F)C2)nc2ccccc12. The lowest BCUT2D eigenvalue weighted by Gasteiger charge is -2.25. The van der Waals surface area contributed by atoms with Gasteiger partial charge in [-0.05, 0) is 25.0 Å². The summed E-state index contributed by atoms with van der Waals surface area (Å²) in [6.07, 6.45) is -2.35. The summed E-state index contributed by atoms with van der Waals surface area (Å²) in [5, 5.41) is 13.7. The van der Waals surface area contributed by atoms with Crippen molar-refractivity contribution in [3.8, 4) is 6.07 Å². The van der Waals surface area contributed by atoms with Crippen LogP contribution in [0.4, 0.5) is 14.6 Å². The average molecular weight is 358 g/mol. The summed E-state index contributed by atoms with van der Waals surface area (Å²) in [5.41, 5.74) is 1.77. The molecule has 0 aliphatic carbocycles. The maximum Gasteiger partial charge on any atom is 0.315 e. The predicted octanol–water partition coefficient (Wildman–Crippen LogP) is 3.33. The number of halogens is 2. The summed E-state index contributed by atoms with van der Waals surface area (Å²) >= 11 is 0. The van der Waals surface area contributed by atoms with E-state index in [2.05, 4.69) is 16.4 Å². The first-order chi connectivity index (χ1) is 12.3. The third kappa shape index (κ3) is 3.32. The van der Waals surface area contributed by atoms with Crippen LogP contribution in [0.15, 0.2) is 24.3 Å². The molecule has 136 valence electrons. The first kappa shape index (κ1) is 18.1. The number of nitrogens with zero attached hydrogens (tertiary/aromatic N) is 3. The topological polar surface area (TPSA) is 69.0 Å². The molecule has 1 unspecified atom stereocenters. The van der Waals surface area contributed by atoms with Crippen LogP contribution in [-0.2, 0) is 4.79 Å². The minimum atomic E-state index is -2.97. The average Bonchev–Trinajstić information content (AvgIpc) is 3.02. The molecule has 26 heavy (non-hydrogen) atoms. The van der Waals surface area contributed by atoms with E-state index in [4.69, 9.17) is 0 Å². The van der Waals surface area contributed by atoms with Gasteiger partial charge in [0.15, 0.2) is 0 Å². The summed E-state index contributed by atoms with van der Waals surface area (Å²) in [6.45, 7) is 4.85. The van der Waals surface area contributed by atoms with Crippen LogP contribution in [0.5, 0.6) is 0 Å². The van der Waals surface area contributed by atoms with Gasteiger partial charge in [-0.2, -0.15) is 14.0 Å². The van der Waals surface area contributed by atoms with Crippen molar-refractivity contribution in [1.29, 1.82) is 5.26 Å². The molecule has 1 N–H and O–H groups in total. The van der Waals surface area contributed by atoms with Gasteiger partial charge in [0.2, 0.25) is 0 Å². The normalized spacial score (nSPS) is 19.8. The van der Waals surface area contributed by atoms with Crippen LogP contribution in [0.2, 0.25) is 0 Å². The molecule has 1 amide bonds. The molecule has 1 atom stereocenters. The molecule has 7 heteroatoms. The molecule has 1 aromatic heterocycles. The van der Waals surface area contributed by atoms with E-state index in [1.165, 1.54) is 4.90 Å². The van der Waals surface area contributed by atoms with Gasteiger partial charge in [-0.15, -0.1) is 0 Å². The molecule has 2 aromatic rings. The number of aromatic nitrogens is 1. The van der Waals surface area contributed by atoms with Crippen molar-refractivity contribution in [3.05, 3.63) is 35.4 Å². The fourth-order valence-electron chi connectivity index (χ4n) is 3.43. The van der Waals surface area contributed by atoms with Crippen LogP contribution in [0.1, 0.15) is 24.5 Å². The van der Waals surface area contributed by atoms with Crippen LogP contribution < -0.4 is 5.32 Å². The van der Waals surface area contributed by atoms with Gasteiger partial charge in [0, 0.05) is 30.4 Å². The summed E-state index contributed by atoms with van der Waals surface area (Å²) in [6, 6.07) is 9.79. The Bertz CT molecular complexity index is 893. The minimum Gasteiger partial charge on any atom is -0.368 e. The van der Waals surface area contributed by atoms with Crippen LogP contribution in [0, 0.1) is 23.7 Å². The molecule has 0 radical (unpaired) electrons. The zero-order chi connectivity index (χ0) is 18.9. The second-order valence-electron chi connectivity index (χ2n) is 7.06. The van der Waals surface area contributed by atoms with E-state index in [-0.39, 0.29) is 12.0 Å². The number of nitrogens with one attached hydrogen (secondary N) is 1. The number of hydrogen-bond donors (Lipinski definition) is 1. The Morgan fingerprint density at radius 1 is 1.46 bits per heavy atom. The van der Waals surface area contributed by atoms with Crippen molar-refractivity contribution < 1.29 is 13.6 Å².